The monoisotopic (exact) mass is 74.1 g/mol. The number of alkyl halides is 1. The van der Waals surface area contributed by atoms with Crippen LogP contribution < -0.4 is 0 Å². The van der Waals surface area contributed by atoms with Gasteiger partial charge in [-0.05, 0) is 6.92 Å². The average Bonchev–Trinajstić information content (AvgIpc) is 1.38. The van der Waals surface area contributed by atoms with Crippen molar-refractivity contribution in [2.45, 2.75) is 13.1 Å². The summed E-state index contributed by atoms with van der Waals surface area (Å²) in [5.41, 5.74) is 0. The Labute approximate surface area is 31.3 Å². The molecule has 0 aliphatic carbocycles. The van der Waals surface area contributed by atoms with Crippen LogP contribution in [-0.4, -0.2) is 6.17 Å². The van der Waals surface area contributed by atoms with Crippen molar-refractivity contribution < 1.29 is 4.39 Å². The number of hydrogen-bond acceptors (Lipinski definition) is 0. The summed E-state index contributed by atoms with van der Waals surface area (Å²) in [6.07, 6.45) is 0.398. The molecule has 0 saturated carbocycles. The molecule has 5 heavy (non-hydrogen) atoms. The molecule has 0 rings (SSSR count). The standard InChI is InChI=1S/C4H7F/c1-3-4(2)5/h3-4H,1H2,2H3. The lowest BCUT2D eigenvalue weighted by atomic mass is 10.4. The van der Waals surface area contributed by atoms with Crippen LogP contribution in [0.4, 0.5) is 4.39 Å². The van der Waals surface area contributed by atoms with Gasteiger partial charge in [0.25, 0.3) is 0 Å². The van der Waals surface area contributed by atoms with Crippen molar-refractivity contribution in [2.75, 3.05) is 0 Å². The second kappa shape index (κ2) is 1.94. The van der Waals surface area contributed by atoms with E-state index in [4.69, 9.17) is 0 Å². The molecule has 0 fully saturated rings. The Morgan fingerprint density at radius 3 is 2.20 bits per heavy atom. The SMILES string of the molecule is C=CC(C)F. The third kappa shape index (κ3) is 3.67. The van der Waals surface area contributed by atoms with Gasteiger partial charge in [-0.25, -0.2) is 4.39 Å². The van der Waals surface area contributed by atoms with Crippen LogP contribution >= 0.6 is 0 Å². The molecule has 30 valence electrons. The maximum Gasteiger partial charge on any atom is 0.115 e. The molecule has 0 N–H and O–H groups in total. The second-order valence-corrected chi connectivity index (χ2v) is 0.913. The molecule has 0 aromatic heterocycles. The minimum Gasteiger partial charge on any atom is -0.243 e. The fourth-order valence-corrected chi connectivity index (χ4v) is 0. The number of allylic oxidation sites excluding steroid dienone is 1. The lowest BCUT2D eigenvalue weighted by Crippen LogP contribution is -1.78. The third-order valence-corrected chi connectivity index (χ3v) is 0.325. The van der Waals surface area contributed by atoms with E-state index < -0.39 is 6.17 Å². The Balaban J connectivity index is 2.83. The van der Waals surface area contributed by atoms with E-state index in [1.807, 2.05) is 0 Å². The summed E-state index contributed by atoms with van der Waals surface area (Å²) in [5, 5.41) is 0. The second-order valence-electron chi connectivity index (χ2n) is 0.913. The van der Waals surface area contributed by atoms with E-state index in [-0.39, 0.29) is 0 Å². The van der Waals surface area contributed by atoms with E-state index in [0.717, 1.165) is 0 Å². The summed E-state index contributed by atoms with van der Waals surface area (Å²) >= 11 is 0. The van der Waals surface area contributed by atoms with Gasteiger partial charge >= 0.3 is 0 Å². The highest BCUT2D eigenvalue weighted by molar-refractivity contribution is 4.72. The smallest absolute Gasteiger partial charge is 0.115 e. The fourth-order valence-electron chi connectivity index (χ4n) is 0. The van der Waals surface area contributed by atoms with Gasteiger partial charge in [-0.15, -0.1) is 6.58 Å². The van der Waals surface area contributed by atoms with Gasteiger partial charge in [0.1, 0.15) is 6.17 Å². The molecule has 0 aromatic rings. The number of rotatable bonds is 1. The molecule has 1 heteroatoms. The zero-order valence-electron chi connectivity index (χ0n) is 3.24. The Hall–Kier alpha value is -0.330. The minimum atomic E-state index is -0.852. The molecule has 0 aliphatic heterocycles. The Kier molecular flexibility index (Phi) is 1.81. The fraction of sp³-hybridized carbons (Fsp3) is 0.500. The van der Waals surface area contributed by atoms with Crippen LogP contribution in [0.25, 0.3) is 0 Å². The van der Waals surface area contributed by atoms with E-state index in [1.165, 1.54) is 13.0 Å². The van der Waals surface area contributed by atoms with Crippen molar-refractivity contribution in [3.05, 3.63) is 12.7 Å². The van der Waals surface area contributed by atoms with Crippen molar-refractivity contribution in [2.24, 2.45) is 0 Å². The van der Waals surface area contributed by atoms with Crippen LogP contribution in [0.15, 0.2) is 12.7 Å². The van der Waals surface area contributed by atoms with Gasteiger partial charge in [0, 0.05) is 0 Å². The van der Waals surface area contributed by atoms with Crippen molar-refractivity contribution in [1.29, 1.82) is 0 Å². The van der Waals surface area contributed by atoms with Crippen LogP contribution in [0, 0.1) is 0 Å². The van der Waals surface area contributed by atoms with E-state index in [1.54, 1.807) is 0 Å². The van der Waals surface area contributed by atoms with E-state index in [2.05, 4.69) is 6.58 Å². The zero-order chi connectivity index (χ0) is 4.28. The topological polar surface area (TPSA) is 0 Å². The van der Waals surface area contributed by atoms with Crippen LogP contribution in [0.2, 0.25) is 0 Å². The predicted molar refractivity (Wildman–Crippen MR) is 20.8 cm³/mol. The highest BCUT2D eigenvalue weighted by Crippen LogP contribution is 1.83. The minimum absolute atomic E-state index is 0.852. The molecule has 0 aromatic carbocycles. The quantitative estimate of drug-likeness (QED) is 0.414. The first-order valence-electron chi connectivity index (χ1n) is 1.54. The first kappa shape index (κ1) is 4.67. The zero-order valence-corrected chi connectivity index (χ0v) is 3.24. The molecule has 0 amide bonds. The summed E-state index contributed by atoms with van der Waals surface area (Å²) in [5.74, 6) is 0. The van der Waals surface area contributed by atoms with E-state index in [9.17, 15) is 4.39 Å². The summed E-state index contributed by atoms with van der Waals surface area (Å²) in [4.78, 5) is 0. The van der Waals surface area contributed by atoms with Gasteiger partial charge < -0.3 is 0 Å². The normalized spacial score (nSPS) is 14.0. The third-order valence-electron chi connectivity index (χ3n) is 0.325. The molecule has 1 unspecified atom stereocenters. The van der Waals surface area contributed by atoms with Gasteiger partial charge in [-0.2, -0.15) is 0 Å². The van der Waals surface area contributed by atoms with Crippen molar-refractivity contribution in [3.63, 3.8) is 0 Å². The number of halogens is 1. The Morgan fingerprint density at radius 1 is 2.00 bits per heavy atom. The summed E-state index contributed by atoms with van der Waals surface area (Å²) in [6.45, 7) is 4.62. The van der Waals surface area contributed by atoms with Crippen LogP contribution in [0.5, 0.6) is 0 Å². The molecule has 1 atom stereocenters. The molecule has 0 spiro atoms. The first-order chi connectivity index (χ1) is 2.27. The lowest BCUT2D eigenvalue weighted by molar-refractivity contribution is 0.431. The summed E-state index contributed by atoms with van der Waals surface area (Å²) < 4.78 is 11.3. The van der Waals surface area contributed by atoms with Gasteiger partial charge in [0.2, 0.25) is 0 Å². The molecular weight excluding hydrogens is 67.0 g/mol. The van der Waals surface area contributed by atoms with Crippen LogP contribution in [0.3, 0.4) is 0 Å². The molecule has 0 radical (unpaired) electrons. The average molecular weight is 74.1 g/mol. The highest BCUT2D eigenvalue weighted by Gasteiger charge is 1.79. The van der Waals surface area contributed by atoms with Crippen LogP contribution in [-0.2, 0) is 0 Å². The molecule has 0 aliphatic rings. The molecule has 0 nitrogen and oxygen atoms in total. The Bertz CT molecular complexity index is 30.6. The molecule has 0 bridgehead atoms. The van der Waals surface area contributed by atoms with Crippen molar-refractivity contribution in [1.82, 2.24) is 0 Å². The van der Waals surface area contributed by atoms with E-state index in [0.29, 0.717) is 0 Å². The van der Waals surface area contributed by atoms with Gasteiger partial charge in [0.15, 0.2) is 0 Å². The predicted octanol–water partition coefficient (Wildman–Crippen LogP) is 1.53. The lowest BCUT2D eigenvalue weighted by Gasteiger charge is -1.79. The Morgan fingerprint density at radius 2 is 2.20 bits per heavy atom. The number of hydrogen-bond donors (Lipinski definition) is 0. The largest absolute Gasteiger partial charge is 0.243 e. The highest BCUT2D eigenvalue weighted by atomic mass is 19.1. The van der Waals surface area contributed by atoms with Crippen molar-refractivity contribution in [3.8, 4) is 0 Å². The molecular formula is C4H7F. The maximum absolute atomic E-state index is 11.3. The molecule has 0 saturated heterocycles. The summed E-state index contributed by atoms with van der Waals surface area (Å²) in [7, 11) is 0. The first-order valence-corrected chi connectivity index (χ1v) is 1.54. The maximum atomic E-state index is 11.3. The summed E-state index contributed by atoms with van der Waals surface area (Å²) in [6, 6.07) is 0. The van der Waals surface area contributed by atoms with Crippen LogP contribution in [0.1, 0.15) is 6.92 Å². The van der Waals surface area contributed by atoms with Gasteiger partial charge in [-0.3, -0.25) is 0 Å². The van der Waals surface area contributed by atoms with E-state index >= 15 is 0 Å². The van der Waals surface area contributed by atoms with Gasteiger partial charge in [0.05, 0.1) is 0 Å². The molecule has 0 heterocycles. The van der Waals surface area contributed by atoms with Gasteiger partial charge in [-0.1, -0.05) is 6.08 Å². The van der Waals surface area contributed by atoms with Crippen molar-refractivity contribution >= 4 is 0 Å².